The molecule has 1 aromatic rings. The average Bonchev–Trinajstić information content (AvgIpc) is 3.15. The molecule has 1 saturated carbocycles. The number of carbonyl (C=O) groups excluding carboxylic acids is 1. The number of rotatable bonds is 5. The van der Waals surface area contributed by atoms with Gasteiger partial charge in [-0.1, -0.05) is 12.1 Å². The van der Waals surface area contributed by atoms with E-state index in [9.17, 15) is 9.18 Å². The molecule has 1 unspecified atom stereocenters. The van der Waals surface area contributed by atoms with E-state index in [0.29, 0.717) is 12.5 Å². The van der Waals surface area contributed by atoms with Crippen LogP contribution in [0.5, 0.6) is 0 Å². The standard InChI is InChI=1S/C13H17FN2O/c1-15-12(17)8-16-13(9-2-3-9)10-4-6-11(14)7-5-10/h4-7,9,13,16H,2-3,8H2,1H3,(H,15,17). The third kappa shape index (κ3) is 3.27. The maximum absolute atomic E-state index is 12.9. The summed E-state index contributed by atoms with van der Waals surface area (Å²) in [7, 11) is 1.62. The Labute approximate surface area is 100 Å². The lowest BCUT2D eigenvalue weighted by Crippen LogP contribution is -2.34. The molecule has 3 nitrogen and oxygen atoms in total. The number of hydrogen-bond acceptors (Lipinski definition) is 2. The van der Waals surface area contributed by atoms with Crippen molar-refractivity contribution in [1.82, 2.24) is 10.6 Å². The Balaban J connectivity index is 2.01. The summed E-state index contributed by atoms with van der Waals surface area (Å²) in [5.74, 6) is 0.317. The van der Waals surface area contributed by atoms with Gasteiger partial charge in [0.25, 0.3) is 0 Å². The van der Waals surface area contributed by atoms with Gasteiger partial charge in [0.15, 0.2) is 0 Å². The first-order chi connectivity index (χ1) is 8.20. The number of nitrogens with one attached hydrogen (secondary N) is 2. The highest BCUT2D eigenvalue weighted by molar-refractivity contribution is 5.77. The third-order valence-corrected chi connectivity index (χ3v) is 3.08. The Kier molecular flexibility index (Phi) is 3.74. The van der Waals surface area contributed by atoms with Gasteiger partial charge in [0.2, 0.25) is 5.91 Å². The first kappa shape index (κ1) is 12.0. The second-order valence-electron chi connectivity index (χ2n) is 4.42. The van der Waals surface area contributed by atoms with Crippen LogP contribution in [-0.4, -0.2) is 19.5 Å². The van der Waals surface area contributed by atoms with Gasteiger partial charge in [0.05, 0.1) is 6.54 Å². The van der Waals surface area contributed by atoms with Gasteiger partial charge in [-0.3, -0.25) is 4.79 Å². The monoisotopic (exact) mass is 236 g/mol. The molecule has 17 heavy (non-hydrogen) atoms. The third-order valence-electron chi connectivity index (χ3n) is 3.08. The molecule has 0 spiro atoms. The Bertz CT molecular complexity index is 387. The van der Waals surface area contributed by atoms with Crippen molar-refractivity contribution in [3.63, 3.8) is 0 Å². The Hall–Kier alpha value is -1.42. The van der Waals surface area contributed by atoms with Gasteiger partial charge in [-0.2, -0.15) is 0 Å². The van der Waals surface area contributed by atoms with Crippen LogP contribution >= 0.6 is 0 Å². The molecule has 2 N–H and O–H groups in total. The van der Waals surface area contributed by atoms with Gasteiger partial charge in [-0.25, -0.2) is 4.39 Å². The fourth-order valence-electron chi connectivity index (χ4n) is 1.95. The molecule has 92 valence electrons. The zero-order valence-corrected chi connectivity index (χ0v) is 9.87. The molecule has 1 aliphatic carbocycles. The first-order valence-corrected chi connectivity index (χ1v) is 5.90. The smallest absolute Gasteiger partial charge is 0.233 e. The van der Waals surface area contributed by atoms with E-state index in [-0.39, 0.29) is 17.8 Å². The molecule has 0 heterocycles. The van der Waals surface area contributed by atoms with Crippen molar-refractivity contribution in [3.05, 3.63) is 35.6 Å². The van der Waals surface area contributed by atoms with Crippen LogP contribution in [0.3, 0.4) is 0 Å². The summed E-state index contributed by atoms with van der Waals surface area (Å²) in [4.78, 5) is 11.2. The zero-order valence-electron chi connectivity index (χ0n) is 9.87. The molecule has 1 aliphatic rings. The molecule has 4 heteroatoms. The van der Waals surface area contributed by atoms with E-state index in [4.69, 9.17) is 0 Å². The van der Waals surface area contributed by atoms with E-state index in [1.54, 1.807) is 19.2 Å². The molecule has 1 atom stereocenters. The summed E-state index contributed by atoms with van der Waals surface area (Å²) in [6.45, 7) is 0.301. The zero-order chi connectivity index (χ0) is 12.3. The lowest BCUT2D eigenvalue weighted by Gasteiger charge is -2.18. The predicted octanol–water partition coefficient (Wildman–Crippen LogP) is 1.61. The Morgan fingerprint density at radius 1 is 1.41 bits per heavy atom. The minimum absolute atomic E-state index is 0.0299. The van der Waals surface area contributed by atoms with Crippen LogP contribution in [0.2, 0.25) is 0 Å². The minimum Gasteiger partial charge on any atom is -0.358 e. The molecular formula is C13H17FN2O. The highest BCUT2D eigenvalue weighted by Gasteiger charge is 2.32. The molecule has 0 aliphatic heterocycles. The first-order valence-electron chi connectivity index (χ1n) is 5.90. The van der Waals surface area contributed by atoms with E-state index in [1.165, 1.54) is 25.0 Å². The Morgan fingerprint density at radius 3 is 2.59 bits per heavy atom. The molecular weight excluding hydrogens is 219 g/mol. The highest BCUT2D eigenvalue weighted by Crippen LogP contribution is 2.40. The normalized spacial score (nSPS) is 16.6. The summed E-state index contributed by atoms with van der Waals surface area (Å²) >= 11 is 0. The van der Waals surface area contributed by atoms with Crippen molar-refractivity contribution in [2.45, 2.75) is 18.9 Å². The largest absolute Gasteiger partial charge is 0.358 e. The van der Waals surface area contributed by atoms with Crippen LogP contribution in [0.25, 0.3) is 0 Å². The lowest BCUT2D eigenvalue weighted by molar-refractivity contribution is -0.119. The molecule has 0 bridgehead atoms. The van der Waals surface area contributed by atoms with Gasteiger partial charge in [-0.15, -0.1) is 0 Å². The molecule has 0 saturated heterocycles. The molecule has 1 amide bonds. The van der Waals surface area contributed by atoms with Gasteiger partial charge < -0.3 is 10.6 Å². The van der Waals surface area contributed by atoms with Gasteiger partial charge >= 0.3 is 0 Å². The number of amides is 1. The van der Waals surface area contributed by atoms with Crippen LogP contribution in [0.15, 0.2) is 24.3 Å². The second-order valence-corrected chi connectivity index (χ2v) is 4.42. The predicted molar refractivity (Wildman–Crippen MR) is 63.9 cm³/mol. The van der Waals surface area contributed by atoms with Gasteiger partial charge in [0.1, 0.15) is 5.82 Å². The summed E-state index contributed by atoms with van der Waals surface area (Å²) in [5, 5.41) is 5.81. The molecule has 0 radical (unpaired) electrons. The number of halogens is 1. The van der Waals surface area contributed by atoms with Crippen LogP contribution in [-0.2, 0) is 4.79 Å². The van der Waals surface area contributed by atoms with E-state index in [0.717, 1.165) is 5.56 Å². The molecule has 1 aromatic carbocycles. The molecule has 1 fully saturated rings. The lowest BCUT2D eigenvalue weighted by atomic mass is 10.0. The van der Waals surface area contributed by atoms with E-state index in [1.807, 2.05) is 0 Å². The van der Waals surface area contributed by atoms with Gasteiger partial charge in [-0.05, 0) is 36.5 Å². The number of benzene rings is 1. The summed E-state index contributed by atoms with van der Waals surface area (Å²) in [6.07, 6.45) is 2.34. The quantitative estimate of drug-likeness (QED) is 0.815. The number of likely N-dealkylation sites (N-methyl/N-ethyl adjacent to an activating group) is 1. The SMILES string of the molecule is CNC(=O)CNC(c1ccc(F)cc1)C1CC1. The Morgan fingerprint density at radius 2 is 2.06 bits per heavy atom. The van der Waals surface area contributed by atoms with Crippen LogP contribution in [0.4, 0.5) is 4.39 Å². The number of hydrogen-bond donors (Lipinski definition) is 2. The average molecular weight is 236 g/mol. The van der Waals surface area contributed by atoms with Gasteiger partial charge in [0, 0.05) is 13.1 Å². The minimum atomic E-state index is -0.227. The van der Waals surface area contributed by atoms with E-state index < -0.39 is 0 Å². The second kappa shape index (κ2) is 5.27. The summed E-state index contributed by atoms with van der Waals surface area (Å²) in [6, 6.07) is 6.66. The van der Waals surface area contributed by atoms with Crippen molar-refractivity contribution in [1.29, 1.82) is 0 Å². The maximum Gasteiger partial charge on any atom is 0.233 e. The van der Waals surface area contributed by atoms with Crippen molar-refractivity contribution in [2.24, 2.45) is 5.92 Å². The van der Waals surface area contributed by atoms with Crippen molar-refractivity contribution in [3.8, 4) is 0 Å². The fraction of sp³-hybridized carbons (Fsp3) is 0.462. The van der Waals surface area contributed by atoms with Crippen LogP contribution in [0, 0.1) is 11.7 Å². The highest BCUT2D eigenvalue weighted by atomic mass is 19.1. The van der Waals surface area contributed by atoms with Crippen molar-refractivity contribution >= 4 is 5.91 Å². The maximum atomic E-state index is 12.9. The van der Waals surface area contributed by atoms with E-state index >= 15 is 0 Å². The molecule has 2 rings (SSSR count). The number of carbonyl (C=O) groups is 1. The van der Waals surface area contributed by atoms with Crippen LogP contribution < -0.4 is 10.6 Å². The molecule has 0 aromatic heterocycles. The van der Waals surface area contributed by atoms with Crippen molar-refractivity contribution in [2.75, 3.05) is 13.6 Å². The summed E-state index contributed by atoms with van der Waals surface area (Å²) in [5.41, 5.74) is 1.05. The van der Waals surface area contributed by atoms with Crippen LogP contribution in [0.1, 0.15) is 24.4 Å². The topological polar surface area (TPSA) is 41.1 Å². The van der Waals surface area contributed by atoms with Crippen molar-refractivity contribution < 1.29 is 9.18 Å². The fourth-order valence-corrected chi connectivity index (χ4v) is 1.95. The summed E-state index contributed by atoms with van der Waals surface area (Å²) < 4.78 is 12.9. The van der Waals surface area contributed by atoms with E-state index in [2.05, 4.69) is 10.6 Å².